The molecule has 0 aliphatic rings. The van der Waals surface area contributed by atoms with Crippen molar-refractivity contribution in [3.8, 4) is 0 Å². The summed E-state index contributed by atoms with van der Waals surface area (Å²) in [7, 11) is 0. The first kappa shape index (κ1) is 14.2. The molecule has 0 aromatic carbocycles. The lowest BCUT2D eigenvalue weighted by atomic mass is 10.2. The number of nitrogens with one attached hydrogen (secondary N) is 2. The predicted molar refractivity (Wildman–Crippen MR) is 77.3 cm³/mol. The Morgan fingerprint density at radius 2 is 2.20 bits per heavy atom. The number of rotatable bonds is 5. The molecule has 0 radical (unpaired) electrons. The highest BCUT2D eigenvalue weighted by molar-refractivity contribution is 6.33. The highest BCUT2D eigenvalue weighted by Gasteiger charge is 2.09. The Labute approximate surface area is 121 Å². The minimum atomic E-state index is -0.237. The standard InChI is InChI=1S/C13H14ClN5O/c14-11-7-9(8-18-12(11)19-15)13(20)17-6-4-10-3-1-2-5-16-10/h1-3,5,7-8H,4,6,15H2,(H,17,20)(H,18,19). The number of pyridine rings is 2. The van der Waals surface area contributed by atoms with E-state index in [9.17, 15) is 4.79 Å². The normalized spacial score (nSPS) is 10.1. The first-order valence-electron chi connectivity index (χ1n) is 6.01. The van der Waals surface area contributed by atoms with Crippen LogP contribution in [0.25, 0.3) is 0 Å². The number of anilines is 1. The van der Waals surface area contributed by atoms with E-state index in [4.69, 9.17) is 17.4 Å². The molecule has 0 aliphatic carbocycles. The Bertz CT molecular complexity index is 591. The van der Waals surface area contributed by atoms with Gasteiger partial charge in [-0.15, -0.1) is 0 Å². The monoisotopic (exact) mass is 291 g/mol. The third-order valence-corrected chi connectivity index (χ3v) is 2.92. The number of hydrogen-bond donors (Lipinski definition) is 3. The van der Waals surface area contributed by atoms with Crippen LogP contribution < -0.4 is 16.6 Å². The Kier molecular flexibility index (Phi) is 4.86. The van der Waals surface area contributed by atoms with E-state index in [-0.39, 0.29) is 5.91 Å². The first-order valence-corrected chi connectivity index (χ1v) is 6.39. The van der Waals surface area contributed by atoms with Gasteiger partial charge in [-0.1, -0.05) is 17.7 Å². The minimum Gasteiger partial charge on any atom is -0.352 e. The van der Waals surface area contributed by atoms with E-state index < -0.39 is 0 Å². The zero-order valence-electron chi connectivity index (χ0n) is 10.6. The number of hydrazine groups is 1. The zero-order chi connectivity index (χ0) is 14.4. The molecule has 20 heavy (non-hydrogen) atoms. The van der Waals surface area contributed by atoms with Crippen molar-refractivity contribution in [1.82, 2.24) is 15.3 Å². The number of carbonyl (C=O) groups is 1. The smallest absolute Gasteiger partial charge is 0.252 e. The van der Waals surface area contributed by atoms with Gasteiger partial charge in [-0.2, -0.15) is 0 Å². The second-order valence-corrected chi connectivity index (χ2v) is 4.43. The van der Waals surface area contributed by atoms with Gasteiger partial charge in [0.25, 0.3) is 5.91 Å². The number of nitrogens with zero attached hydrogens (tertiary/aromatic N) is 2. The number of aromatic nitrogens is 2. The highest BCUT2D eigenvalue weighted by Crippen LogP contribution is 2.18. The second-order valence-electron chi connectivity index (χ2n) is 4.03. The van der Waals surface area contributed by atoms with Gasteiger partial charge in [0.1, 0.15) is 0 Å². The van der Waals surface area contributed by atoms with Crippen molar-refractivity contribution in [2.45, 2.75) is 6.42 Å². The van der Waals surface area contributed by atoms with Gasteiger partial charge in [0.15, 0.2) is 5.82 Å². The van der Waals surface area contributed by atoms with Gasteiger partial charge in [0.2, 0.25) is 0 Å². The second kappa shape index (κ2) is 6.83. The van der Waals surface area contributed by atoms with Crippen LogP contribution in [0, 0.1) is 0 Å². The number of halogens is 1. The molecule has 6 nitrogen and oxygen atoms in total. The summed E-state index contributed by atoms with van der Waals surface area (Å²) in [6.07, 6.45) is 3.80. The Balaban J connectivity index is 1.90. The number of carbonyl (C=O) groups excluding carboxylic acids is 1. The molecule has 2 aromatic rings. The highest BCUT2D eigenvalue weighted by atomic mass is 35.5. The summed E-state index contributed by atoms with van der Waals surface area (Å²) >= 11 is 5.91. The lowest BCUT2D eigenvalue weighted by Gasteiger charge is -2.07. The number of hydrogen-bond acceptors (Lipinski definition) is 5. The van der Waals surface area contributed by atoms with Crippen LogP contribution in [0.15, 0.2) is 36.7 Å². The lowest BCUT2D eigenvalue weighted by molar-refractivity contribution is 0.0953. The molecule has 1 amide bonds. The molecular weight excluding hydrogens is 278 g/mol. The lowest BCUT2D eigenvalue weighted by Crippen LogP contribution is -2.26. The fourth-order valence-corrected chi connectivity index (χ4v) is 1.84. The molecule has 0 fully saturated rings. The van der Waals surface area contributed by atoms with Gasteiger partial charge in [0, 0.05) is 31.1 Å². The Morgan fingerprint density at radius 3 is 2.85 bits per heavy atom. The Morgan fingerprint density at radius 1 is 1.35 bits per heavy atom. The predicted octanol–water partition coefficient (Wildman–Crippen LogP) is 1.39. The van der Waals surface area contributed by atoms with Crippen molar-refractivity contribution in [3.05, 3.63) is 52.9 Å². The van der Waals surface area contributed by atoms with Gasteiger partial charge in [-0.3, -0.25) is 9.78 Å². The summed E-state index contributed by atoms with van der Waals surface area (Å²) in [6.45, 7) is 0.490. The van der Waals surface area contributed by atoms with Crippen molar-refractivity contribution in [1.29, 1.82) is 0 Å². The van der Waals surface area contributed by atoms with Crippen molar-refractivity contribution in [2.75, 3.05) is 12.0 Å². The molecular formula is C13H14ClN5O. The molecule has 0 unspecified atom stereocenters. The zero-order valence-corrected chi connectivity index (χ0v) is 11.4. The molecule has 2 rings (SSSR count). The minimum absolute atomic E-state index is 0.237. The van der Waals surface area contributed by atoms with Crippen LogP contribution in [0.4, 0.5) is 5.82 Å². The third kappa shape index (κ3) is 3.66. The summed E-state index contributed by atoms with van der Waals surface area (Å²) in [5, 5.41) is 3.08. The molecule has 0 spiro atoms. The van der Waals surface area contributed by atoms with Gasteiger partial charge < -0.3 is 10.7 Å². The fourth-order valence-electron chi connectivity index (χ4n) is 1.62. The van der Waals surface area contributed by atoms with Crippen LogP contribution in [0.5, 0.6) is 0 Å². The van der Waals surface area contributed by atoms with E-state index in [1.165, 1.54) is 12.3 Å². The molecule has 0 aliphatic heterocycles. The van der Waals surface area contributed by atoms with Gasteiger partial charge >= 0.3 is 0 Å². The van der Waals surface area contributed by atoms with Crippen LogP contribution in [0.1, 0.15) is 16.1 Å². The molecule has 0 bridgehead atoms. The maximum absolute atomic E-state index is 11.9. The number of nitrogens with two attached hydrogens (primary N) is 1. The van der Waals surface area contributed by atoms with E-state index in [0.29, 0.717) is 29.4 Å². The maximum atomic E-state index is 11.9. The Hall–Kier alpha value is -2.18. The molecule has 2 heterocycles. The van der Waals surface area contributed by atoms with E-state index in [0.717, 1.165) is 5.69 Å². The van der Waals surface area contributed by atoms with Gasteiger partial charge in [-0.05, 0) is 18.2 Å². The topological polar surface area (TPSA) is 92.9 Å². The quantitative estimate of drug-likeness (QED) is 0.572. The first-order chi connectivity index (χ1) is 9.70. The van der Waals surface area contributed by atoms with Crippen molar-refractivity contribution in [3.63, 3.8) is 0 Å². The van der Waals surface area contributed by atoms with Gasteiger partial charge in [-0.25, -0.2) is 10.8 Å². The largest absolute Gasteiger partial charge is 0.352 e. The van der Waals surface area contributed by atoms with Crippen LogP contribution in [0.2, 0.25) is 5.02 Å². The van der Waals surface area contributed by atoms with Crippen LogP contribution in [0.3, 0.4) is 0 Å². The van der Waals surface area contributed by atoms with Crippen molar-refractivity contribution >= 4 is 23.3 Å². The van der Waals surface area contributed by atoms with E-state index in [1.54, 1.807) is 6.20 Å². The van der Waals surface area contributed by atoms with Crippen LogP contribution in [-0.4, -0.2) is 22.4 Å². The van der Waals surface area contributed by atoms with Crippen LogP contribution in [-0.2, 0) is 6.42 Å². The molecule has 0 saturated carbocycles. The van der Waals surface area contributed by atoms with E-state index in [2.05, 4.69) is 20.7 Å². The molecule has 4 N–H and O–H groups in total. The fraction of sp³-hybridized carbons (Fsp3) is 0.154. The van der Waals surface area contributed by atoms with E-state index in [1.807, 2.05) is 18.2 Å². The van der Waals surface area contributed by atoms with Crippen molar-refractivity contribution in [2.24, 2.45) is 5.84 Å². The average molecular weight is 292 g/mol. The van der Waals surface area contributed by atoms with Crippen molar-refractivity contribution < 1.29 is 4.79 Å². The summed E-state index contributed by atoms with van der Waals surface area (Å²) in [4.78, 5) is 20.0. The number of nitrogen functional groups attached to an aromatic ring is 1. The molecule has 2 aromatic heterocycles. The molecule has 104 valence electrons. The molecule has 7 heteroatoms. The maximum Gasteiger partial charge on any atom is 0.252 e. The summed E-state index contributed by atoms with van der Waals surface area (Å²) < 4.78 is 0. The van der Waals surface area contributed by atoms with E-state index >= 15 is 0 Å². The van der Waals surface area contributed by atoms with Gasteiger partial charge in [0.05, 0.1) is 10.6 Å². The third-order valence-electron chi connectivity index (χ3n) is 2.63. The molecule has 0 atom stereocenters. The summed E-state index contributed by atoms with van der Waals surface area (Å²) in [6, 6.07) is 7.18. The van der Waals surface area contributed by atoms with Crippen LogP contribution >= 0.6 is 11.6 Å². The number of amides is 1. The summed E-state index contributed by atoms with van der Waals surface area (Å²) in [5.74, 6) is 5.31. The average Bonchev–Trinajstić information content (AvgIpc) is 2.48. The summed E-state index contributed by atoms with van der Waals surface area (Å²) in [5.41, 5.74) is 3.65. The SMILES string of the molecule is NNc1ncc(C(=O)NCCc2ccccn2)cc1Cl. The molecule has 0 saturated heterocycles.